The van der Waals surface area contributed by atoms with Crippen molar-refractivity contribution in [2.24, 2.45) is 5.10 Å². The molecule has 1 aromatic heterocycles. The minimum absolute atomic E-state index is 0.00858. The van der Waals surface area contributed by atoms with Gasteiger partial charge in [-0.25, -0.2) is 4.98 Å². The van der Waals surface area contributed by atoms with Crippen LogP contribution in [0.1, 0.15) is 36.7 Å². The summed E-state index contributed by atoms with van der Waals surface area (Å²) in [6, 6.07) is 18.9. The highest BCUT2D eigenvalue weighted by molar-refractivity contribution is 9.10. The average Bonchev–Trinajstić information content (AvgIpc) is 2.87. The van der Waals surface area contributed by atoms with Crippen molar-refractivity contribution in [3.05, 3.63) is 92.4 Å². The Morgan fingerprint density at radius 2 is 1.71 bits per heavy atom. The zero-order chi connectivity index (χ0) is 24.9. The summed E-state index contributed by atoms with van der Waals surface area (Å²) in [6.45, 7) is 4.32. The van der Waals surface area contributed by atoms with Crippen molar-refractivity contribution >= 4 is 33.0 Å². The van der Waals surface area contributed by atoms with Crippen LogP contribution >= 0.6 is 15.9 Å². The van der Waals surface area contributed by atoms with Crippen LogP contribution in [0.2, 0.25) is 0 Å². The highest BCUT2D eigenvalue weighted by atomic mass is 79.9. The molecule has 0 aliphatic heterocycles. The van der Waals surface area contributed by atoms with Crippen molar-refractivity contribution < 1.29 is 14.2 Å². The standard InChI is InChI=1S/C27H26BrN3O4/c1-17(2)26-30-22-11-10-20(28)14-21(22)27(32)31(26)29-15-19-12-23(33-3)25(24(13-19)34-4)35-16-18-8-6-5-7-9-18/h5-15,17H,16H2,1-4H3. The molecule has 0 amide bonds. The summed E-state index contributed by atoms with van der Waals surface area (Å²) in [5.41, 5.74) is 2.11. The van der Waals surface area contributed by atoms with Crippen LogP contribution in [-0.4, -0.2) is 30.1 Å². The fourth-order valence-electron chi connectivity index (χ4n) is 3.62. The Hall–Kier alpha value is -3.65. The number of benzene rings is 3. The fourth-order valence-corrected chi connectivity index (χ4v) is 3.98. The Bertz CT molecular complexity index is 1410. The van der Waals surface area contributed by atoms with E-state index in [1.54, 1.807) is 38.6 Å². The molecule has 0 fully saturated rings. The lowest BCUT2D eigenvalue weighted by molar-refractivity contribution is 0.266. The van der Waals surface area contributed by atoms with E-state index in [4.69, 9.17) is 14.2 Å². The van der Waals surface area contributed by atoms with Gasteiger partial charge in [0.25, 0.3) is 5.56 Å². The van der Waals surface area contributed by atoms with E-state index in [0.29, 0.717) is 46.1 Å². The van der Waals surface area contributed by atoms with Gasteiger partial charge in [-0.15, -0.1) is 0 Å². The van der Waals surface area contributed by atoms with Crippen LogP contribution < -0.4 is 19.8 Å². The fraction of sp³-hybridized carbons (Fsp3) is 0.222. The smallest absolute Gasteiger partial charge is 0.282 e. The normalized spacial score (nSPS) is 11.4. The molecule has 1 heterocycles. The number of ether oxygens (including phenoxy) is 3. The lowest BCUT2D eigenvalue weighted by Gasteiger charge is -2.15. The molecule has 0 saturated heterocycles. The molecule has 7 nitrogen and oxygen atoms in total. The molecule has 4 rings (SSSR count). The summed E-state index contributed by atoms with van der Waals surface area (Å²) in [6.07, 6.45) is 1.59. The maximum Gasteiger partial charge on any atom is 0.282 e. The van der Waals surface area contributed by atoms with Crippen molar-refractivity contribution in [3.8, 4) is 17.2 Å². The summed E-state index contributed by atoms with van der Waals surface area (Å²) in [5.74, 6) is 2.05. The van der Waals surface area contributed by atoms with E-state index in [2.05, 4.69) is 26.0 Å². The van der Waals surface area contributed by atoms with Gasteiger partial charge in [-0.3, -0.25) is 4.79 Å². The number of fused-ring (bicyclic) bond motifs is 1. The molecular formula is C27H26BrN3O4. The molecule has 0 unspecified atom stereocenters. The Balaban J connectivity index is 1.73. The first kappa shape index (κ1) is 24.5. The Labute approximate surface area is 212 Å². The monoisotopic (exact) mass is 535 g/mol. The van der Waals surface area contributed by atoms with Crippen LogP contribution in [0.4, 0.5) is 0 Å². The minimum Gasteiger partial charge on any atom is -0.493 e. The first-order chi connectivity index (χ1) is 16.9. The van der Waals surface area contributed by atoms with Crippen LogP contribution in [0.25, 0.3) is 10.9 Å². The van der Waals surface area contributed by atoms with Crippen molar-refractivity contribution in [3.63, 3.8) is 0 Å². The summed E-state index contributed by atoms with van der Waals surface area (Å²) in [7, 11) is 3.13. The number of rotatable bonds is 8. The van der Waals surface area contributed by atoms with Gasteiger partial charge in [0.2, 0.25) is 5.75 Å². The second-order valence-electron chi connectivity index (χ2n) is 8.18. The van der Waals surface area contributed by atoms with Gasteiger partial charge in [0.1, 0.15) is 12.4 Å². The first-order valence-corrected chi connectivity index (χ1v) is 11.9. The van der Waals surface area contributed by atoms with Crippen molar-refractivity contribution in [2.75, 3.05) is 14.2 Å². The van der Waals surface area contributed by atoms with E-state index in [1.807, 2.05) is 56.3 Å². The van der Waals surface area contributed by atoms with Gasteiger partial charge in [0.05, 0.1) is 31.3 Å². The molecule has 3 aromatic carbocycles. The van der Waals surface area contributed by atoms with Gasteiger partial charge in [0, 0.05) is 16.0 Å². The molecule has 35 heavy (non-hydrogen) atoms. The Kier molecular flexibility index (Phi) is 7.51. The topological polar surface area (TPSA) is 74.9 Å². The second-order valence-corrected chi connectivity index (χ2v) is 9.09. The largest absolute Gasteiger partial charge is 0.493 e. The van der Waals surface area contributed by atoms with Crippen molar-refractivity contribution in [1.29, 1.82) is 0 Å². The van der Waals surface area contributed by atoms with Crippen LogP contribution in [0.5, 0.6) is 17.2 Å². The van der Waals surface area contributed by atoms with E-state index >= 15 is 0 Å². The lowest BCUT2D eigenvalue weighted by Crippen LogP contribution is -2.23. The molecule has 0 aliphatic carbocycles. The predicted molar refractivity (Wildman–Crippen MR) is 141 cm³/mol. The summed E-state index contributed by atoms with van der Waals surface area (Å²) < 4.78 is 19.3. The number of methoxy groups -OCH3 is 2. The quantitative estimate of drug-likeness (QED) is 0.268. The summed E-state index contributed by atoms with van der Waals surface area (Å²) in [4.78, 5) is 17.9. The molecule has 8 heteroatoms. The highest BCUT2D eigenvalue weighted by Crippen LogP contribution is 2.38. The van der Waals surface area contributed by atoms with Gasteiger partial charge in [0.15, 0.2) is 11.5 Å². The molecular weight excluding hydrogens is 510 g/mol. The molecule has 4 aromatic rings. The third-order valence-electron chi connectivity index (χ3n) is 5.38. The molecule has 0 aliphatic rings. The second kappa shape index (κ2) is 10.7. The molecule has 0 spiro atoms. The number of hydrogen-bond donors (Lipinski definition) is 0. The number of nitrogens with zero attached hydrogens (tertiary/aromatic N) is 3. The number of halogens is 1. The molecule has 0 N–H and O–H groups in total. The minimum atomic E-state index is -0.238. The van der Waals surface area contributed by atoms with E-state index in [9.17, 15) is 4.79 Å². The summed E-state index contributed by atoms with van der Waals surface area (Å²) >= 11 is 3.43. The Morgan fingerprint density at radius 3 is 2.34 bits per heavy atom. The average molecular weight is 536 g/mol. The zero-order valence-electron chi connectivity index (χ0n) is 20.0. The molecule has 0 saturated carbocycles. The van der Waals surface area contributed by atoms with Gasteiger partial charge >= 0.3 is 0 Å². The van der Waals surface area contributed by atoms with Crippen LogP contribution in [0.3, 0.4) is 0 Å². The maximum absolute atomic E-state index is 13.3. The Morgan fingerprint density at radius 1 is 1.03 bits per heavy atom. The third-order valence-corrected chi connectivity index (χ3v) is 5.87. The predicted octanol–water partition coefficient (Wildman–Crippen LogP) is 5.76. The molecule has 0 bridgehead atoms. The van der Waals surface area contributed by atoms with Crippen molar-refractivity contribution in [2.45, 2.75) is 26.4 Å². The van der Waals surface area contributed by atoms with Crippen LogP contribution in [0.15, 0.2) is 75.0 Å². The lowest BCUT2D eigenvalue weighted by atomic mass is 10.2. The first-order valence-electron chi connectivity index (χ1n) is 11.1. The van der Waals surface area contributed by atoms with E-state index in [-0.39, 0.29) is 11.5 Å². The van der Waals surface area contributed by atoms with Gasteiger partial charge in [-0.05, 0) is 35.9 Å². The van der Waals surface area contributed by atoms with Crippen molar-refractivity contribution in [1.82, 2.24) is 9.66 Å². The molecule has 0 radical (unpaired) electrons. The van der Waals surface area contributed by atoms with E-state index in [1.165, 1.54) is 4.68 Å². The maximum atomic E-state index is 13.3. The zero-order valence-corrected chi connectivity index (χ0v) is 21.6. The summed E-state index contributed by atoms with van der Waals surface area (Å²) in [5, 5.41) is 4.99. The van der Waals surface area contributed by atoms with Gasteiger partial charge in [-0.1, -0.05) is 60.1 Å². The van der Waals surface area contributed by atoms with Crippen LogP contribution in [0, 0.1) is 0 Å². The van der Waals surface area contributed by atoms with E-state index in [0.717, 1.165) is 10.0 Å². The third kappa shape index (κ3) is 5.38. The number of hydrogen-bond acceptors (Lipinski definition) is 6. The molecule has 0 atom stereocenters. The highest BCUT2D eigenvalue weighted by Gasteiger charge is 2.16. The SMILES string of the molecule is COc1cc(C=Nn2c(C(C)C)nc3ccc(Br)cc3c2=O)cc(OC)c1OCc1ccccc1. The van der Waals surface area contributed by atoms with E-state index < -0.39 is 0 Å². The number of aromatic nitrogens is 2. The molecule has 180 valence electrons. The van der Waals surface area contributed by atoms with Gasteiger partial charge < -0.3 is 14.2 Å². The van der Waals surface area contributed by atoms with Crippen LogP contribution in [-0.2, 0) is 6.61 Å². The van der Waals surface area contributed by atoms with Gasteiger partial charge in [-0.2, -0.15) is 9.78 Å².